The molecular weight excluding hydrogens is 361 g/mol. The Morgan fingerprint density at radius 3 is 2.12 bits per heavy atom. The minimum absolute atomic E-state index is 0.0964. The highest BCUT2D eigenvalue weighted by Gasteiger charge is 2.30. The van der Waals surface area contributed by atoms with Crippen molar-refractivity contribution in [1.82, 2.24) is 0 Å². The van der Waals surface area contributed by atoms with Crippen LogP contribution in [0.2, 0.25) is 0 Å². The van der Waals surface area contributed by atoms with Gasteiger partial charge in [0.05, 0.1) is 32.6 Å². The summed E-state index contributed by atoms with van der Waals surface area (Å²) in [6.07, 6.45) is -4.55. The van der Waals surface area contributed by atoms with Crippen LogP contribution in [0.5, 0.6) is 0 Å². The predicted molar refractivity (Wildman–Crippen MR) is 80.3 cm³/mol. The molecule has 2 aromatic carbocycles. The first-order valence-electron chi connectivity index (χ1n) is 6.85. The summed E-state index contributed by atoms with van der Waals surface area (Å²) in [5.41, 5.74) is -2.34. The molecule has 0 spiro atoms. The summed E-state index contributed by atoms with van der Waals surface area (Å²) in [6, 6.07) is 6.02. The van der Waals surface area contributed by atoms with Crippen LogP contribution in [0.1, 0.15) is 21.5 Å². The summed E-state index contributed by atoms with van der Waals surface area (Å²) in [7, 11) is 0. The molecular formula is C15H9F3N2O6. The van der Waals surface area contributed by atoms with Crippen molar-refractivity contribution in [3.8, 4) is 0 Å². The molecule has 8 nitrogen and oxygen atoms in total. The van der Waals surface area contributed by atoms with Gasteiger partial charge in [0.25, 0.3) is 11.4 Å². The van der Waals surface area contributed by atoms with Gasteiger partial charge in [0.15, 0.2) is 0 Å². The van der Waals surface area contributed by atoms with Gasteiger partial charge in [0, 0.05) is 6.07 Å². The average molecular weight is 370 g/mol. The zero-order valence-corrected chi connectivity index (χ0v) is 12.7. The monoisotopic (exact) mass is 370 g/mol. The van der Waals surface area contributed by atoms with E-state index in [4.69, 9.17) is 4.74 Å². The van der Waals surface area contributed by atoms with E-state index in [1.807, 2.05) is 0 Å². The maximum absolute atomic E-state index is 12.5. The average Bonchev–Trinajstić information content (AvgIpc) is 2.58. The molecule has 0 heterocycles. The first-order chi connectivity index (χ1) is 12.1. The van der Waals surface area contributed by atoms with Crippen molar-refractivity contribution in [2.75, 3.05) is 0 Å². The third-order valence-corrected chi connectivity index (χ3v) is 3.28. The van der Waals surface area contributed by atoms with Gasteiger partial charge < -0.3 is 4.74 Å². The molecule has 0 saturated heterocycles. The van der Waals surface area contributed by atoms with Crippen molar-refractivity contribution >= 4 is 17.3 Å². The molecule has 0 aromatic heterocycles. The number of halogens is 3. The summed E-state index contributed by atoms with van der Waals surface area (Å²) in [4.78, 5) is 31.8. The Labute approximate surface area is 143 Å². The number of ether oxygens (including phenoxy) is 1. The van der Waals surface area contributed by atoms with Crippen molar-refractivity contribution in [3.63, 3.8) is 0 Å². The second-order valence-electron chi connectivity index (χ2n) is 4.98. The lowest BCUT2D eigenvalue weighted by Gasteiger charge is -2.08. The molecule has 2 aromatic rings. The van der Waals surface area contributed by atoms with Crippen molar-refractivity contribution in [2.45, 2.75) is 12.8 Å². The third-order valence-electron chi connectivity index (χ3n) is 3.28. The fraction of sp³-hybridized carbons (Fsp3) is 0.133. The first-order valence-corrected chi connectivity index (χ1v) is 6.85. The fourth-order valence-corrected chi connectivity index (χ4v) is 1.98. The van der Waals surface area contributed by atoms with Crippen LogP contribution in [-0.4, -0.2) is 15.8 Å². The molecule has 0 atom stereocenters. The van der Waals surface area contributed by atoms with Gasteiger partial charge in [-0.2, -0.15) is 13.2 Å². The number of alkyl halides is 3. The Balaban J connectivity index is 2.14. The Hall–Kier alpha value is -3.50. The van der Waals surface area contributed by atoms with Crippen molar-refractivity contribution in [3.05, 3.63) is 79.4 Å². The van der Waals surface area contributed by atoms with Crippen molar-refractivity contribution < 1.29 is 32.5 Å². The molecule has 0 aliphatic rings. The van der Waals surface area contributed by atoms with E-state index >= 15 is 0 Å². The van der Waals surface area contributed by atoms with Gasteiger partial charge in [-0.05, 0) is 30.3 Å². The maximum atomic E-state index is 12.5. The highest BCUT2D eigenvalue weighted by atomic mass is 19.4. The van der Waals surface area contributed by atoms with E-state index in [9.17, 15) is 38.2 Å². The lowest BCUT2D eigenvalue weighted by molar-refractivity contribution is -0.394. The van der Waals surface area contributed by atoms with Crippen molar-refractivity contribution in [2.24, 2.45) is 0 Å². The number of benzene rings is 2. The zero-order chi connectivity index (χ0) is 19.5. The minimum atomic E-state index is -4.55. The van der Waals surface area contributed by atoms with Crippen LogP contribution in [-0.2, 0) is 17.5 Å². The van der Waals surface area contributed by atoms with Gasteiger partial charge in [-0.3, -0.25) is 20.2 Å². The summed E-state index contributed by atoms with van der Waals surface area (Å²) in [5, 5.41) is 21.6. The quantitative estimate of drug-likeness (QED) is 0.448. The van der Waals surface area contributed by atoms with Crippen LogP contribution in [0.4, 0.5) is 24.5 Å². The van der Waals surface area contributed by atoms with Crippen molar-refractivity contribution in [1.29, 1.82) is 0 Å². The standard InChI is InChI=1S/C15H9F3N2O6/c16-15(17,18)11-4-1-9(2-5-11)14(21)26-8-10-3-6-12(19(22)23)7-13(10)20(24)25/h1-7H,8H2. The predicted octanol–water partition coefficient (Wildman–Crippen LogP) is 3.88. The molecule has 0 fully saturated rings. The molecule has 26 heavy (non-hydrogen) atoms. The van der Waals surface area contributed by atoms with Gasteiger partial charge in [-0.1, -0.05) is 0 Å². The Bertz CT molecular complexity index is 865. The van der Waals surface area contributed by atoms with Crippen LogP contribution in [0.15, 0.2) is 42.5 Å². The molecule has 0 radical (unpaired) electrons. The van der Waals surface area contributed by atoms with E-state index in [-0.39, 0.29) is 11.1 Å². The molecule has 0 amide bonds. The molecule has 0 unspecified atom stereocenters. The van der Waals surface area contributed by atoms with E-state index in [1.54, 1.807) is 0 Å². The SMILES string of the molecule is O=C(OCc1ccc([N+](=O)[O-])cc1[N+](=O)[O-])c1ccc(C(F)(F)F)cc1. The minimum Gasteiger partial charge on any atom is -0.457 e. The van der Waals surface area contributed by atoms with Crippen LogP contribution in [0.3, 0.4) is 0 Å². The highest BCUT2D eigenvalue weighted by Crippen LogP contribution is 2.29. The number of carbonyl (C=O) groups is 1. The fourth-order valence-electron chi connectivity index (χ4n) is 1.98. The Morgan fingerprint density at radius 1 is 1.00 bits per heavy atom. The summed E-state index contributed by atoms with van der Waals surface area (Å²) in [5.74, 6) is -0.994. The number of hydrogen-bond donors (Lipinski definition) is 0. The number of hydrogen-bond acceptors (Lipinski definition) is 6. The Morgan fingerprint density at radius 2 is 1.62 bits per heavy atom. The van der Waals surface area contributed by atoms with E-state index < -0.39 is 45.5 Å². The molecule has 11 heteroatoms. The number of non-ortho nitro benzene ring substituents is 1. The zero-order valence-electron chi connectivity index (χ0n) is 12.7. The molecule has 2 rings (SSSR count). The third kappa shape index (κ3) is 4.32. The van der Waals surface area contributed by atoms with Crippen LogP contribution in [0.25, 0.3) is 0 Å². The van der Waals surface area contributed by atoms with Gasteiger partial charge in [-0.15, -0.1) is 0 Å². The number of carbonyl (C=O) groups excluding carboxylic acids is 1. The molecule has 0 bridgehead atoms. The summed E-state index contributed by atoms with van der Waals surface area (Å²) in [6.45, 7) is -0.575. The summed E-state index contributed by atoms with van der Waals surface area (Å²) >= 11 is 0. The molecule has 0 aliphatic carbocycles. The Kier molecular flexibility index (Phi) is 5.19. The number of nitro benzene ring substituents is 2. The second-order valence-corrected chi connectivity index (χ2v) is 4.98. The lowest BCUT2D eigenvalue weighted by atomic mass is 10.1. The summed E-state index contributed by atoms with van der Waals surface area (Å²) < 4.78 is 42.3. The molecule has 136 valence electrons. The number of rotatable bonds is 5. The number of nitro groups is 2. The van der Waals surface area contributed by atoms with Crippen LogP contribution in [0, 0.1) is 20.2 Å². The van der Waals surface area contributed by atoms with E-state index in [2.05, 4.69) is 0 Å². The van der Waals surface area contributed by atoms with E-state index in [1.165, 1.54) is 0 Å². The van der Waals surface area contributed by atoms with Gasteiger partial charge in [0.2, 0.25) is 0 Å². The van der Waals surface area contributed by atoms with Crippen LogP contribution >= 0.6 is 0 Å². The van der Waals surface area contributed by atoms with E-state index in [0.29, 0.717) is 12.1 Å². The van der Waals surface area contributed by atoms with Gasteiger partial charge in [0.1, 0.15) is 6.61 Å². The largest absolute Gasteiger partial charge is 0.457 e. The van der Waals surface area contributed by atoms with Gasteiger partial charge >= 0.3 is 12.1 Å². The smallest absolute Gasteiger partial charge is 0.416 e. The molecule has 0 aliphatic heterocycles. The highest BCUT2D eigenvalue weighted by molar-refractivity contribution is 5.89. The lowest BCUT2D eigenvalue weighted by Crippen LogP contribution is -2.09. The van der Waals surface area contributed by atoms with Crippen LogP contribution < -0.4 is 0 Å². The van der Waals surface area contributed by atoms with E-state index in [0.717, 1.165) is 30.3 Å². The number of esters is 1. The first kappa shape index (κ1) is 18.8. The topological polar surface area (TPSA) is 113 Å². The maximum Gasteiger partial charge on any atom is 0.416 e. The van der Waals surface area contributed by atoms with Gasteiger partial charge in [-0.25, -0.2) is 4.79 Å². The molecule has 0 N–H and O–H groups in total. The normalized spacial score (nSPS) is 11.0. The number of nitrogens with zero attached hydrogens (tertiary/aromatic N) is 2. The second kappa shape index (κ2) is 7.17. The molecule has 0 saturated carbocycles.